The molecule has 224 valence electrons. The second-order valence-electron chi connectivity index (χ2n) is 11.4. The smallest absolute Gasteiger partial charge is 0.0601 e. The predicted molar refractivity (Wildman–Crippen MR) is 199 cm³/mol. The van der Waals surface area contributed by atoms with E-state index >= 15 is 0 Å². The van der Waals surface area contributed by atoms with Gasteiger partial charge in [-0.05, 0) is 109 Å². The van der Waals surface area contributed by atoms with Gasteiger partial charge < -0.3 is 14.7 Å². The standard InChI is InChI=1S/C42H29N3S2/c1-2-12-30(13-3-1)43(31-22-26-33(27-23-31)44-35-14-4-8-18-39(35)46-40-19-9-5-15-36(40)44)32-24-28-34(29-25-32)45-37-16-6-10-20-41(37)47-42-21-11-7-17-38(42)45/h1-29H. The lowest BCUT2D eigenvalue weighted by atomic mass is 10.1. The van der Waals surface area contributed by atoms with Crippen LogP contribution in [0.4, 0.5) is 51.2 Å². The lowest BCUT2D eigenvalue weighted by molar-refractivity contribution is 1.16. The molecule has 2 heterocycles. The summed E-state index contributed by atoms with van der Waals surface area (Å²) in [5, 5.41) is 0. The van der Waals surface area contributed by atoms with Crippen LogP contribution in [0, 0.1) is 0 Å². The first-order valence-corrected chi connectivity index (χ1v) is 17.3. The first-order chi connectivity index (χ1) is 23.3. The topological polar surface area (TPSA) is 9.72 Å². The molecule has 0 radical (unpaired) electrons. The zero-order valence-corrected chi connectivity index (χ0v) is 27.0. The van der Waals surface area contributed by atoms with Crippen LogP contribution in [-0.2, 0) is 0 Å². The summed E-state index contributed by atoms with van der Waals surface area (Å²) in [7, 11) is 0. The average Bonchev–Trinajstić information content (AvgIpc) is 3.14. The minimum Gasteiger partial charge on any atom is -0.311 e. The maximum absolute atomic E-state index is 2.37. The fourth-order valence-electron chi connectivity index (χ4n) is 6.49. The van der Waals surface area contributed by atoms with Gasteiger partial charge >= 0.3 is 0 Å². The molecule has 7 aromatic carbocycles. The number of benzene rings is 7. The van der Waals surface area contributed by atoms with Crippen molar-refractivity contribution < 1.29 is 0 Å². The molecule has 0 fully saturated rings. The molecule has 0 spiro atoms. The molecule has 0 saturated heterocycles. The number of anilines is 9. The first kappa shape index (κ1) is 27.9. The van der Waals surface area contributed by atoms with E-state index in [1.54, 1.807) is 0 Å². The average molecular weight is 640 g/mol. The van der Waals surface area contributed by atoms with Gasteiger partial charge in [0.15, 0.2) is 0 Å². The Hall–Kier alpha value is -5.36. The molecule has 2 aliphatic rings. The van der Waals surface area contributed by atoms with Crippen molar-refractivity contribution >= 4 is 74.7 Å². The number of fused-ring (bicyclic) bond motifs is 4. The van der Waals surface area contributed by atoms with Crippen LogP contribution in [0.2, 0.25) is 0 Å². The Morgan fingerprint density at radius 1 is 0.298 bits per heavy atom. The van der Waals surface area contributed by atoms with E-state index in [4.69, 9.17) is 0 Å². The SMILES string of the molecule is c1ccc(N(c2ccc(N3c4ccccc4Sc4ccccc43)cc2)c2ccc(N3c4ccccc4Sc4ccccc43)cc2)cc1. The minimum atomic E-state index is 1.10. The highest BCUT2D eigenvalue weighted by molar-refractivity contribution is 8.00. The van der Waals surface area contributed by atoms with Gasteiger partial charge in [-0.15, -0.1) is 0 Å². The highest BCUT2D eigenvalue weighted by Gasteiger charge is 2.26. The molecule has 0 saturated carbocycles. The zero-order valence-electron chi connectivity index (χ0n) is 25.4. The summed E-state index contributed by atoms with van der Waals surface area (Å²) < 4.78 is 0. The number of nitrogens with zero attached hydrogens (tertiary/aromatic N) is 3. The van der Waals surface area contributed by atoms with Crippen LogP contribution >= 0.6 is 23.5 Å². The fourth-order valence-corrected chi connectivity index (χ4v) is 8.61. The summed E-state index contributed by atoms with van der Waals surface area (Å²) >= 11 is 3.67. The Morgan fingerprint density at radius 2 is 0.596 bits per heavy atom. The third-order valence-electron chi connectivity index (χ3n) is 8.61. The molecule has 0 atom stereocenters. The van der Waals surface area contributed by atoms with E-state index < -0.39 is 0 Å². The second kappa shape index (κ2) is 11.8. The van der Waals surface area contributed by atoms with Crippen molar-refractivity contribution in [3.8, 4) is 0 Å². The van der Waals surface area contributed by atoms with Gasteiger partial charge in [-0.1, -0.05) is 90.3 Å². The van der Waals surface area contributed by atoms with Crippen molar-refractivity contribution in [3.05, 3.63) is 176 Å². The fraction of sp³-hybridized carbons (Fsp3) is 0. The third kappa shape index (κ3) is 4.96. The second-order valence-corrected chi connectivity index (χ2v) is 13.6. The van der Waals surface area contributed by atoms with Gasteiger partial charge in [0.25, 0.3) is 0 Å². The lowest BCUT2D eigenvalue weighted by Crippen LogP contribution is -2.16. The van der Waals surface area contributed by atoms with Gasteiger partial charge in [0.1, 0.15) is 0 Å². The molecule has 7 aromatic rings. The van der Waals surface area contributed by atoms with E-state index in [-0.39, 0.29) is 0 Å². The quantitative estimate of drug-likeness (QED) is 0.185. The van der Waals surface area contributed by atoms with Gasteiger partial charge in [-0.2, -0.15) is 0 Å². The summed E-state index contributed by atoms with van der Waals surface area (Å²) in [6, 6.07) is 63.1. The van der Waals surface area contributed by atoms with Crippen molar-refractivity contribution in [1.82, 2.24) is 0 Å². The predicted octanol–water partition coefficient (Wildman–Crippen LogP) is 13.0. The van der Waals surface area contributed by atoms with Crippen LogP contribution in [0.1, 0.15) is 0 Å². The summed E-state index contributed by atoms with van der Waals surface area (Å²) in [6.45, 7) is 0. The highest BCUT2D eigenvalue weighted by atomic mass is 32.2. The molecule has 2 aliphatic heterocycles. The van der Waals surface area contributed by atoms with Gasteiger partial charge in [0.05, 0.1) is 22.7 Å². The number of hydrogen-bond donors (Lipinski definition) is 0. The Morgan fingerprint density at radius 3 is 0.957 bits per heavy atom. The molecule has 9 rings (SSSR count). The van der Waals surface area contributed by atoms with E-state index in [2.05, 4.69) is 191 Å². The molecule has 0 unspecified atom stereocenters. The van der Waals surface area contributed by atoms with Crippen LogP contribution in [0.3, 0.4) is 0 Å². The molecule has 0 amide bonds. The molecular weight excluding hydrogens is 611 g/mol. The number of rotatable bonds is 5. The Bertz CT molecular complexity index is 1980. The summed E-state index contributed by atoms with van der Waals surface area (Å²) in [5.41, 5.74) is 10.4. The van der Waals surface area contributed by atoms with Crippen molar-refractivity contribution in [3.63, 3.8) is 0 Å². The number of hydrogen-bond acceptors (Lipinski definition) is 5. The van der Waals surface area contributed by atoms with E-state index in [1.165, 1.54) is 42.3 Å². The molecule has 0 aromatic heterocycles. The van der Waals surface area contributed by atoms with Crippen LogP contribution < -0.4 is 14.7 Å². The molecule has 0 N–H and O–H groups in total. The van der Waals surface area contributed by atoms with Crippen LogP contribution in [0.25, 0.3) is 0 Å². The largest absolute Gasteiger partial charge is 0.311 e. The third-order valence-corrected chi connectivity index (χ3v) is 10.9. The van der Waals surface area contributed by atoms with Crippen LogP contribution in [0.5, 0.6) is 0 Å². The lowest BCUT2D eigenvalue weighted by Gasteiger charge is -2.34. The molecule has 0 bridgehead atoms. The van der Waals surface area contributed by atoms with Crippen LogP contribution in [0.15, 0.2) is 196 Å². The van der Waals surface area contributed by atoms with Gasteiger partial charge in [-0.3, -0.25) is 0 Å². The first-order valence-electron chi connectivity index (χ1n) is 15.7. The van der Waals surface area contributed by atoms with Gasteiger partial charge in [0.2, 0.25) is 0 Å². The zero-order chi connectivity index (χ0) is 31.2. The Labute approximate surface area is 283 Å². The molecule has 3 nitrogen and oxygen atoms in total. The minimum absolute atomic E-state index is 1.10. The Balaban J connectivity index is 1.10. The maximum atomic E-state index is 2.37. The highest BCUT2D eigenvalue weighted by Crippen LogP contribution is 2.53. The number of para-hydroxylation sites is 5. The van der Waals surface area contributed by atoms with E-state index in [9.17, 15) is 0 Å². The summed E-state index contributed by atoms with van der Waals surface area (Å²) in [6.07, 6.45) is 0. The molecule has 5 heteroatoms. The normalized spacial score (nSPS) is 12.9. The molecule has 47 heavy (non-hydrogen) atoms. The maximum Gasteiger partial charge on any atom is 0.0601 e. The molecule has 0 aliphatic carbocycles. The Kier molecular flexibility index (Phi) is 6.99. The summed E-state index contributed by atoms with van der Waals surface area (Å²) in [5.74, 6) is 0. The van der Waals surface area contributed by atoms with Crippen molar-refractivity contribution in [2.24, 2.45) is 0 Å². The van der Waals surface area contributed by atoms with E-state index in [0.717, 1.165) is 28.4 Å². The summed E-state index contributed by atoms with van der Waals surface area (Å²) in [4.78, 5) is 12.1. The van der Waals surface area contributed by atoms with Crippen LogP contribution in [-0.4, -0.2) is 0 Å². The van der Waals surface area contributed by atoms with Gasteiger partial charge in [0, 0.05) is 48.0 Å². The van der Waals surface area contributed by atoms with Gasteiger partial charge in [-0.25, -0.2) is 0 Å². The van der Waals surface area contributed by atoms with Crippen molar-refractivity contribution in [2.75, 3.05) is 14.7 Å². The van der Waals surface area contributed by atoms with Crippen molar-refractivity contribution in [2.45, 2.75) is 19.6 Å². The van der Waals surface area contributed by atoms with E-state index in [0.29, 0.717) is 0 Å². The van der Waals surface area contributed by atoms with E-state index in [1.807, 2.05) is 23.5 Å². The monoisotopic (exact) mass is 639 g/mol. The molecular formula is C42H29N3S2. The van der Waals surface area contributed by atoms with Crippen molar-refractivity contribution in [1.29, 1.82) is 0 Å².